The van der Waals surface area contributed by atoms with Crippen molar-refractivity contribution in [2.24, 2.45) is 0 Å². The van der Waals surface area contributed by atoms with Gasteiger partial charge in [0.1, 0.15) is 0 Å². The SMILES string of the molecule is CCOc1ccc(C(=O)NCc2cccc(CN3CCN(C)CC3)c2)cc1OCC. The molecule has 1 saturated heterocycles. The Kier molecular flexibility index (Phi) is 8.11. The van der Waals surface area contributed by atoms with Crippen molar-refractivity contribution in [3.8, 4) is 11.5 Å². The number of rotatable bonds is 9. The van der Waals surface area contributed by atoms with Crippen LogP contribution < -0.4 is 14.8 Å². The fraction of sp³-hybridized carbons (Fsp3) is 0.458. The maximum absolute atomic E-state index is 12.7. The molecule has 1 N–H and O–H groups in total. The average molecular weight is 412 g/mol. The van der Waals surface area contributed by atoms with Gasteiger partial charge >= 0.3 is 0 Å². The molecule has 1 fully saturated rings. The molecule has 30 heavy (non-hydrogen) atoms. The van der Waals surface area contributed by atoms with Gasteiger partial charge in [-0.3, -0.25) is 9.69 Å². The highest BCUT2D eigenvalue weighted by Gasteiger charge is 2.14. The van der Waals surface area contributed by atoms with Crippen LogP contribution in [-0.4, -0.2) is 62.1 Å². The number of ether oxygens (including phenoxy) is 2. The number of hydrogen-bond donors (Lipinski definition) is 1. The van der Waals surface area contributed by atoms with Gasteiger partial charge in [0.2, 0.25) is 0 Å². The van der Waals surface area contributed by atoms with Crippen LogP contribution in [0.3, 0.4) is 0 Å². The lowest BCUT2D eigenvalue weighted by Gasteiger charge is -2.32. The lowest BCUT2D eigenvalue weighted by atomic mass is 10.1. The third-order valence-corrected chi connectivity index (χ3v) is 5.25. The number of carbonyl (C=O) groups is 1. The van der Waals surface area contributed by atoms with E-state index in [2.05, 4.69) is 46.4 Å². The number of nitrogens with one attached hydrogen (secondary N) is 1. The summed E-state index contributed by atoms with van der Waals surface area (Å²) in [5.41, 5.74) is 2.95. The van der Waals surface area contributed by atoms with E-state index in [0.29, 0.717) is 36.8 Å². The third-order valence-electron chi connectivity index (χ3n) is 5.25. The molecule has 6 heteroatoms. The maximum atomic E-state index is 12.7. The van der Waals surface area contributed by atoms with Gasteiger partial charge in [-0.05, 0) is 50.2 Å². The van der Waals surface area contributed by atoms with Crippen LogP contribution in [0, 0.1) is 0 Å². The van der Waals surface area contributed by atoms with E-state index in [1.54, 1.807) is 18.2 Å². The summed E-state index contributed by atoms with van der Waals surface area (Å²) >= 11 is 0. The minimum Gasteiger partial charge on any atom is -0.490 e. The highest BCUT2D eigenvalue weighted by molar-refractivity contribution is 5.94. The second-order valence-corrected chi connectivity index (χ2v) is 7.61. The van der Waals surface area contributed by atoms with E-state index in [1.165, 1.54) is 5.56 Å². The number of benzene rings is 2. The van der Waals surface area contributed by atoms with E-state index in [-0.39, 0.29) is 5.91 Å². The predicted molar refractivity (Wildman–Crippen MR) is 119 cm³/mol. The molecule has 162 valence electrons. The molecule has 0 atom stereocenters. The van der Waals surface area contributed by atoms with Crippen molar-refractivity contribution in [2.45, 2.75) is 26.9 Å². The van der Waals surface area contributed by atoms with Gasteiger partial charge in [-0.1, -0.05) is 24.3 Å². The molecular formula is C24H33N3O3. The van der Waals surface area contributed by atoms with Crippen molar-refractivity contribution in [1.82, 2.24) is 15.1 Å². The number of carbonyl (C=O) groups excluding carboxylic acids is 1. The van der Waals surface area contributed by atoms with Gasteiger partial charge in [0.05, 0.1) is 13.2 Å². The van der Waals surface area contributed by atoms with Gasteiger partial charge in [0.25, 0.3) is 5.91 Å². The first-order valence-corrected chi connectivity index (χ1v) is 10.8. The molecule has 1 amide bonds. The van der Waals surface area contributed by atoms with Crippen molar-refractivity contribution in [2.75, 3.05) is 46.4 Å². The summed E-state index contributed by atoms with van der Waals surface area (Å²) in [6.45, 7) is 10.8. The summed E-state index contributed by atoms with van der Waals surface area (Å²) in [5, 5.41) is 3.02. The van der Waals surface area contributed by atoms with Crippen LogP contribution in [-0.2, 0) is 13.1 Å². The number of piperazine rings is 1. The van der Waals surface area contributed by atoms with E-state index in [1.807, 2.05) is 13.8 Å². The van der Waals surface area contributed by atoms with Gasteiger partial charge < -0.3 is 19.7 Å². The standard InChI is InChI=1S/C24H33N3O3/c1-4-29-22-10-9-21(16-23(22)30-5-2)24(28)25-17-19-7-6-8-20(15-19)18-27-13-11-26(3)12-14-27/h6-10,15-16H,4-5,11-14,17-18H2,1-3H3,(H,25,28). The Hall–Kier alpha value is -2.57. The Balaban J connectivity index is 1.58. The number of hydrogen-bond acceptors (Lipinski definition) is 5. The van der Waals surface area contributed by atoms with Crippen LogP contribution >= 0.6 is 0 Å². The topological polar surface area (TPSA) is 54.0 Å². The van der Waals surface area contributed by atoms with Gasteiger partial charge in [-0.25, -0.2) is 0 Å². The molecule has 1 heterocycles. The van der Waals surface area contributed by atoms with Gasteiger partial charge in [0.15, 0.2) is 11.5 Å². The molecule has 0 saturated carbocycles. The Labute approximate surface area is 179 Å². The summed E-state index contributed by atoms with van der Waals surface area (Å²) < 4.78 is 11.2. The first-order valence-electron chi connectivity index (χ1n) is 10.8. The summed E-state index contributed by atoms with van der Waals surface area (Å²) in [6, 6.07) is 13.8. The lowest BCUT2D eigenvalue weighted by molar-refractivity contribution is 0.0950. The zero-order valence-electron chi connectivity index (χ0n) is 18.3. The van der Waals surface area contributed by atoms with Crippen LogP contribution in [0.2, 0.25) is 0 Å². The smallest absolute Gasteiger partial charge is 0.251 e. The summed E-state index contributed by atoms with van der Waals surface area (Å²) in [5.74, 6) is 1.14. The minimum atomic E-state index is -0.122. The average Bonchev–Trinajstić information content (AvgIpc) is 2.75. The Morgan fingerprint density at radius 2 is 1.63 bits per heavy atom. The van der Waals surface area contributed by atoms with Gasteiger partial charge in [-0.2, -0.15) is 0 Å². The van der Waals surface area contributed by atoms with Crippen molar-refractivity contribution < 1.29 is 14.3 Å². The van der Waals surface area contributed by atoms with E-state index in [9.17, 15) is 4.79 Å². The largest absolute Gasteiger partial charge is 0.490 e. The van der Waals surface area contributed by atoms with E-state index >= 15 is 0 Å². The molecule has 6 nitrogen and oxygen atoms in total. The predicted octanol–water partition coefficient (Wildman–Crippen LogP) is 3.16. The Morgan fingerprint density at radius 1 is 0.933 bits per heavy atom. The zero-order chi connectivity index (χ0) is 21.3. The number of likely N-dealkylation sites (N-methyl/N-ethyl adjacent to an activating group) is 1. The van der Waals surface area contributed by atoms with Crippen LogP contribution in [0.4, 0.5) is 0 Å². The molecule has 0 aromatic heterocycles. The molecule has 3 rings (SSSR count). The number of nitrogens with zero attached hydrogens (tertiary/aromatic N) is 2. The van der Waals surface area contributed by atoms with Crippen molar-refractivity contribution in [3.05, 3.63) is 59.2 Å². The Morgan fingerprint density at radius 3 is 2.37 bits per heavy atom. The molecule has 1 aliphatic heterocycles. The molecule has 0 aliphatic carbocycles. The Bertz CT molecular complexity index is 832. The monoisotopic (exact) mass is 411 g/mol. The van der Waals surface area contributed by atoms with E-state index in [0.717, 1.165) is 38.3 Å². The highest BCUT2D eigenvalue weighted by atomic mass is 16.5. The molecule has 0 radical (unpaired) electrons. The molecule has 0 unspecified atom stereocenters. The highest BCUT2D eigenvalue weighted by Crippen LogP contribution is 2.28. The van der Waals surface area contributed by atoms with E-state index < -0.39 is 0 Å². The lowest BCUT2D eigenvalue weighted by Crippen LogP contribution is -2.43. The van der Waals surface area contributed by atoms with Crippen LogP contribution in [0.15, 0.2) is 42.5 Å². The third kappa shape index (κ3) is 6.21. The summed E-state index contributed by atoms with van der Waals surface area (Å²) in [6.07, 6.45) is 0. The molecule has 0 bridgehead atoms. The molecule has 2 aromatic rings. The fourth-order valence-corrected chi connectivity index (χ4v) is 3.58. The fourth-order valence-electron chi connectivity index (χ4n) is 3.58. The molecule has 1 aliphatic rings. The molecular weight excluding hydrogens is 378 g/mol. The van der Waals surface area contributed by atoms with Crippen molar-refractivity contribution >= 4 is 5.91 Å². The first-order chi connectivity index (χ1) is 14.6. The second kappa shape index (κ2) is 11.0. The molecule has 0 spiro atoms. The van der Waals surface area contributed by atoms with Crippen LogP contribution in [0.1, 0.15) is 35.3 Å². The first kappa shape index (κ1) is 22.1. The van der Waals surface area contributed by atoms with Crippen molar-refractivity contribution in [3.63, 3.8) is 0 Å². The van der Waals surface area contributed by atoms with Gasteiger partial charge in [-0.15, -0.1) is 0 Å². The second-order valence-electron chi connectivity index (χ2n) is 7.61. The number of amides is 1. The quantitative estimate of drug-likeness (QED) is 0.687. The minimum absolute atomic E-state index is 0.122. The maximum Gasteiger partial charge on any atom is 0.251 e. The van der Waals surface area contributed by atoms with E-state index in [4.69, 9.17) is 9.47 Å². The normalized spacial score (nSPS) is 15.0. The van der Waals surface area contributed by atoms with Crippen LogP contribution in [0.5, 0.6) is 11.5 Å². The van der Waals surface area contributed by atoms with Crippen LogP contribution in [0.25, 0.3) is 0 Å². The summed E-state index contributed by atoms with van der Waals surface area (Å²) in [7, 11) is 2.17. The molecule has 2 aromatic carbocycles. The van der Waals surface area contributed by atoms with Gasteiger partial charge in [0, 0.05) is 44.8 Å². The van der Waals surface area contributed by atoms with Crippen molar-refractivity contribution in [1.29, 1.82) is 0 Å². The zero-order valence-corrected chi connectivity index (χ0v) is 18.3. The summed E-state index contributed by atoms with van der Waals surface area (Å²) in [4.78, 5) is 17.5.